The molecule has 0 aliphatic rings. The smallest absolute Gasteiger partial charge is 0.390 e. The average molecular weight is 276 g/mol. The third-order valence-electron chi connectivity index (χ3n) is 2.79. The van der Waals surface area contributed by atoms with Crippen molar-refractivity contribution < 1.29 is 10.0 Å². The van der Waals surface area contributed by atoms with Crippen LogP contribution in [-0.4, -0.2) is 25.8 Å². The van der Waals surface area contributed by atoms with E-state index in [1.807, 2.05) is 30.3 Å². The fourth-order valence-corrected chi connectivity index (χ4v) is 1.90. The van der Waals surface area contributed by atoms with Gasteiger partial charge in [0.25, 0.3) is 0 Å². The minimum Gasteiger partial charge on any atom is -0.390 e. The van der Waals surface area contributed by atoms with Crippen molar-refractivity contribution >= 4 is 5.95 Å². The predicted molar refractivity (Wildman–Crippen MR) is 72.9 cm³/mol. The van der Waals surface area contributed by atoms with Crippen molar-refractivity contribution in [3.63, 3.8) is 0 Å². The summed E-state index contributed by atoms with van der Waals surface area (Å²) in [5.74, 6) is -0.261. The quantitative estimate of drug-likeness (QED) is 0.470. The van der Waals surface area contributed by atoms with Crippen molar-refractivity contribution in [2.75, 3.05) is 0 Å². The van der Waals surface area contributed by atoms with E-state index in [0.717, 1.165) is 5.56 Å². The number of hydrogen-bond donors (Lipinski definition) is 2. The van der Waals surface area contributed by atoms with Gasteiger partial charge in [0.05, 0.1) is 0 Å². The lowest BCUT2D eigenvalue weighted by atomic mass is 10.2. The first-order valence-corrected chi connectivity index (χ1v) is 6.20. The third-order valence-corrected chi connectivity index (χ3v) is 2.79. The molecule has 2 N–H and O–H groups in total. The lowest BCUT2D eigenvalue weighted by Crippen LogP contribution is -2.32. The van der Waals surface area contributed by atoms with Crippen molar-refractivity contribution in [1.29, 1.82) is 0 Å². The van der Waals surface area contributed by atoms with E-state index in [4.69, 9.17) is 0 Å². The van der Waals surface area contributed by atoms with Gasteiger partial charge in [-0.3, -0.25) is 5.32 Å². The van der Waals surface area contributed by atoms with Gasteiger partial charge in [0, 0.05) is 6.54 Å². The maximum atomic E-state index is 10.8. The fourth-order valence-electron chi connectivity index (χ4n) is 1.90. The molecule has 0 aliphatic carbocycles. The van der Waals surface area contributed by atoms with Crippen molar-refractivity contribution in [2.24, 2.45) is 0 Å². The summed E-state index contributed by atoms with van der Waals surface area (Å²) in [4.78, 5) is 14.1. The number of nitro groups is 1. The second-order valence-electron chi connectivity index (χ2n) is 4.47. The van der Waals surface area contributed by atoms with E-state index in [0.29, 0.717) is 12.2 Å². The summed E-state index contributed by atoms with van der Waals surface area (Å²) in [6.45, 7) is 2.24. The zero-order valence-corrected chi connectivity index (χ0v) is 11.1. The van der Waals surface area contributed by atoms with Crippen LogP contribution in [0.4, 0.5) is 5.95 Å². The Morgan fingerprint density at radius 2 is 2.15 bits per heavy atom. The first-order chi connectivity index (χ1) is 9.56. The van der Waals surface area contributed by atoms with E-state index < -0.39 is 11.2 Å². The monoisotopic (exact) mass is 276 g/mol. The summed E-state index contributed by atoms with van der Waals surface area (Å²) >= 11 is 0. The van der Waals surface area contributed by atoms with Crippen LogP contribution >= 0.6 is 0 Å². The zero-order chi connectivity index (χ0) is 14.5. The maximum Gasteiger partial charge on any atom is 0.434 e. The molecule has 0 saturated heterocycles. The molecule has 20 heavy (non-hydrogen) atoms. The van der Waals surface area contributed by atoms with E-state index in [-0.39, 0.29) is 12.5 Å². The highest BCUT2D eigenvalue weighted by Gasteiger charge is 2.19. The fraction of sp³-hybridized carbons (Fsp3) is 0.308. The van der Waals surface area contributed by atoms with Crippen LogP contribution in [0.2, 0.25) is 0 Å². The molecule has 1 aromatic heterocycles. The molecular weight excluding hydrogens is 260 g/mol. The van der Waals surface area contributed by atoms with Gasteiger partial charge in [0.1, 0.15) is 24.7 Å². The number of nitrogens with one attached hydrogen (secondary N) is 1. The molecule has 1 heterocycles. The van der Waals surface area contributed by atoms with Crippen LogP contribution in [-0.2, 0) is 13.1 Å². The van der Waals surface area contributed by atoms with Gasteiger partial charge in [-0.2, -0.15) is 0 Å². The number of imidazole rings is 1. The standard InChI is InChI=1S/C13H16N4O3/c1-10-8-16(13(15-10)17(19)20)9-12(18)14-7-11-5-3-2-4-6-11/h2-6,8,12,14,18H,7,9H2,1H3. The molecule has 7 nitrogen and oxygen atoms in total. The first kappa shape index (κ1) is 14.2. The second kappa shape index (κ2) is 6.27. The van der Waals surface area contributed by atoms with Gasteiger partial charge in [-0.25, -0.2) is 4.57 Å². The molecular formula is C13H16N4O3. The van der Waals surface area contributed by atoms with E-state index in [1.54, 1.807) is 13.1 Å². The summed E-state index contributed by atoms with van der Waals surface area (Å²) in [6, 6.07) is 9.60. The second-order valence-corrected chi connectivity index (χ2v) is 4.47. The Labute approximate surface area is 116 Å². The van der Waals surface area contributed by atoms with Gasteiger partial charge >= 0.3 is 5.95 Å². The molecule has 0 aliphatic heterocycles. The van der Waals surface area contributed by atoms with Crippen LogP contribution in [0.5, 0.6) is 0 Å². The van der Waals surface area contributed by atoms with Crippen molar-refractivity contribution in [2.45, 2.75) is 26.2 Å². The Balaban J connectivity index is 1.94. The number of aliphatic hydroxyl groups excluding tert-OH is 1. The van der Waals surface area contributed by atoms with E-state index >= 15 is 0 Å². The van der Waals surface area contributed by atoms with Crippen LogP contribution in [0.25, 0.3) is 0 Å². The zero-order valence-electron chi connectivity index (χ0n) is 11.1. The summed E-state index contributed by atoms with van der Waals surface area (Å²) < 4.78 is 1.33. The summed E-state index contributed by atoms with van der Waals surface area (Å²) in [6.07, 6.45) is 0.661. The minimum atomic E-state index is -0.887. The average Bonchev–Trinajstić information content (AvgIpc) is 2.79. The Kier molecular flexibility index (Phi) is 4.44. The highest BCUT2D eigenvalue weighted by molar-refractivity contribution is 5.15. The lowest BCUT2D eigenvalue weighted by molar-refractivity contribution is -0.397. The molecule has 0 spiro atoms. The third kappa shape index (κ3) is 3.62. The van der Waals surface area contributed by atoms with Crippen LogP contribution in [0.3, 0.4) is 0 Å². The molecule has 0 amide bonds. The topological polar surface area (TPSA) is 93.2 Å². The van der Waals surface area contributed by atoms with Gasteiger partial charge < -0.3 is 15.2 Å². The molecule has 0 fully saturated rings. The Bertz CT molecular complexity index is 583. The molecule has 2 rings (SSSR count). The summed E-state index contributed by atoms with van der Waals surface area (Å²) in [5.41, 5.74) is 1.58. The Morgan fingerprint density at radius 1 is 1.45 bits per heavy atom. The number of nitrogens with zero attached hydrogens (tertiary/aromatic N) is 3. The maximum absolute atomic E-state index is 10.8. The number of rotatable bonds is 6. The predicted octanol–water partition coefficient (Wildman–Crippen LogP) is 1.21. The summed E-state index contributed by atoms with van der Waals surface area (Å²) in [7, 11) is 0. The molecule has 1 aromatic carbocycles. The molecule has 0 saturated carbocycles. The number of aryl methyl sites for hydroxylation is 1. The lowest BCUT2D eigenvalue weighted by Gasteiger charge is -2.12. The molecule has 106 valence electrons. The van der Waals surface area contributed by atoms with Crippen LogP contribution in [0.1, 0.15) is 11.3 Å². The van der Waals surface area contributed by atoms with E-state index in [1.165, 1.54) is 4.57 Å². The summed E-state index contributed by atoms with van der Waals surface area (Å²) in [5, 5.41) is 23.6. The van der Waals surface area contributed by atoms with Gasteiger partial charge in [-0.1, -0.05) is 35.3 Å². The Morgan fingerprint density at radius 3 is 2.80 bits per heavy atom. The molecule has 0 bridgehead atoms. The van der Waals surface area contributed by atoms with Crippen molar-refractivity contribution in [3.05, 3.63) is 57.9 Å². The molecule has 2 aromatic rings. The number of hydrogen-bond acceptors (Lipinski definition) is 5. The molecule has 0 radical (unpaired) electrons. The number of aromatic nitrogens is 2. The van der Waals surface area contributed by atoms with Crippen LogP contribution in [0, 0.1) is 17.0 Å². The van der Waals surface area contributed by atoms with Gasteiger partial charge in [0.2, 0.25) is 0 Å². The largest absolute Gasteiger partial charge is 0.434 e. The van der Waals surface area contributed by atoms with Gasteiger partial charge in [-0.05, 0) is 17.4 Å². The van der Waals surface area contributed by atoms with Gasteiger partial charge in [-0.15, -0.1) is 0 Å². The normalized spacial score (nSPS) is 12.3. The Hall–Kier alpha value is -2.25. The van der Waals surface area contributed by atoms with Crippen LogP contribution < -0.4 is 5.32 Å². The molecule has 1 atom stereocenters. The SMILES string of the molecule is Cc1cn(CC(O)NCc2ccccc2)c([N+](=O)[O-])n1. The van der Waals surface area contributed by atoms with Gasteiger partial charge in [0.15, 0.2) is 0 Å². The molecule has 7 heteroatoms. The number of benzene rings is 1. The first-order valence-electron chi connectivity index (χ1n) is 6.20. The highest BCUT2D eigenvalue weighted by atomic mass is 16.6. The number of aliphatic hydroxyl groups is 1. The van der Waals surface area contributed by atoms with Crippen molar-refractivity contribution in [3.8, 4) is 0 Å². The van der Waals surface area contributed by atoms with E-state index in [9.17, 15) is 15.2 Å². The van der Waals surface area contributed by atoms with Crippen molar-refractivity contribution in [1.82, 2.24) is 14.9 Å². The van der Waals surface area contributed by atoms with Crippen LogP contribution in [0.15, 0.2) is 36.5 Å². The van der Waals surface area contributed by atoms with E-state index in [2.05, 4.69) is 10.3 Å². The highest BCUT2D eigenvalue weighted by Crippen LogP contribution is 2.11. The minimum absolute atomic E-state index is 0.0734. The molecule has 1 unspecified atom stereocenters.